The molecule has 4 heterocycles. The maximum Gasteiger partial charge on any atom is 0.244 e. The number of piperidine rings is 1. The number of aromatic nitrogens is 4. The molecule has 10 nitrogen and oxygen atoms in total. The van der Waals surface area contributed by atoms with Gasteiger partial charge in [0.2, 0.25) is 11.9 Å². The highest BCUT2D eigenvalue weighted by atomic mass is 16.2. The summed E-state index contributed by atoms with van der Waals surface area (Å²) in [6.45, 7) is 1.66. The molecule has 3 aliphatic rings. The monoisotopic (exact) mass is 445 g/mol. The minimum Gasteiger partial charge on any atom is -0.351 e. The van der Waals surface area contributed by atoms with Crippen LogP contribution in [0.2, 0.25) is 0 Å². The molecule has 2 saturated heterocycles. The lowest BCUT2D eigenvalue weighted by Gasteiger charge is -2.33. The summed E-state index contributed by atoms with van der Waals surface area (Å²) in [6, 6.07) is 11.4. The molecule has 0 radical (unpaired) electrons. The van der Waals surface area contributed by atoms with E-state index in [1.165, 1.54) is 11.1 Å². The van der Waals surface area contributed by atoms with Crippen molar-refractivity contribution in [1.82, 2.24) is 41.0 Å². The standard InChI is InChI=1S/C23H27N9O/c33-22(31-7-5-20-21(13-31)28-30-27-20)14-32-8-6-19(29-32)17-11-24-23(25-12-17)26-18-9-15-3-1-2-4-16(15)10-18/h1-4,6,8,11-12,18,20-21,27-28,30H,5,7,9-10,13-14H2,(H,24,25,26). The summed E-state index contributed by atoms with van der Waals surface area (Å²) in [7, 11) is 0. The van der Waals surface area contributed by atoms with Gasteiger partial charge in [0.05, 0.1) is 11.7 Å². The van der Waals surface area contributed by atoms with Crippen molar-refractivity contribution < 1.29 is 4.79 Å². The van der Waals surface area contributed by atoms with Crippen LogP contribution in [0.1, 0.15) is 17.5 Å². The van der Waals surface area contributed by atoms with E-state index in [0.717, 1.165) is 37.1 Å². The molecule has 33 heavy (non-hydrogen) atoms. The molecule has 0 spiro atoms. The number of rotatable bonds is 5. The Bertz CT molecular complexity index is 1120. The summed E-state index contributed by atoms with van der Waals surface area (Å²) in [5, 5.41) is 8.01. The number of amides is 1. The average molecular weight is 446 g/mol. The number of carbonyl (C=O) groups is 1. The lowest BCUT2D eigenvalue weighted by Crippen LogP contribution is -2.53. The van der Waals surface area contributed by atoms with E-state index in [9.17, 15) is 4.79 Å². The topological polar surface area (TPSA) is 112 Å². The van der Waals surface area contributed by atoms with Crippen molar-refractivity contribution in [2.75, 3.05) is 18.4 Å². The zero-order chi connectivity index (χ0) is 22.2. The van der Waals surface area contributed by atoms with Crippen LogP contribution in [0.15, 0.2) is 48.9 Å². The molecular formula is C23H27N9O. The van der Waals surface area contributed by atoms with E-state index in [-0.39, 0.29) is 18.5 Å². The molecule has 1 aliphatic carbocycles. The molecule has 170 valence electrons. The molecule has 1 aromatic carbocycles. The number of hydrogen-bond acceptors (Lipinski definition) is 8. The number of hydrazine groups is 2. The van der Waals surface area contributed by atoms with Gasteiger partial charge in [0, 0.05) is 49.3 Å². The molecular weight excluding hydrogens is 418 g/mol. The Hall–Kier alpha value is -3.34. The van der Waals surface area contributed by atoms with Crippen LogP contribution in [0.3, 0.4) is 0 Å². The van der Waals surface area contributed by atoms with Crippen molar-refractivity contribution in [3.8, 4) is 11.3 Å². The predicted octanol–water partition coefficient (Wildman–Crippen LogP) is 0.501. The summed E-state index contributed by atoms with van der Waals surface area (Å²) in [4.78, 5) is 23.6. The molecule has 2 fully saturated rings. The number of likely N-dealkylation sites (tertiary alicyclic amines) is 1. The van der Waals surface area contributed by atoms with E-state index in [0.29, 0.717) is 24.6 Å². The first kappa shape index (κ1) is 20.3. The normalized spacial score (nSPS) is 22.2. The van der Waals surface area contributed by atoms with E-state index in [2.05, 4.69) is 61.0 Å². The maximum absolute atomic E-state index is 12.8. The van der Waals surface area contributed by atoms with Gasteiger partial charge in [0.1, 0.15) is 6.54 Å². The first-order valence-electron chi connectivity index (χ1n) is 11.4. The number of hydrogen-bond donors (Lipinski definition) is 4. The van der Waals surface area contributed by atoms with E-state index in [4.69, 9.17) is 0 Å². The number of fused-ring (bicyclic) bond motifs is 2. The van der Waals surface area contributed by atoms with Crippen molar-refractivity contribution in [3.63, 3.8) is 0 Å². The van der Waals surface area contributed by atoms with Crippen LogP contribution in [-0.2, 0) is 24.2 Å². The van der Waals surface area contributed by atoms with Crippen LogP contribution < -0.4 is 21.7 Å². The lowest BCUT2D eigenvalue weighted by molar-refractivity contribution is -0.133. The highest BCUT2D eigenvalue weighted by molar-refractivity contribution is 5.76. The lowest BCUT2D eigenvalue weighted by atomic mass is 10.0. The van der Waals surface area contributed by atoms with Gasteiger partial charge in [-0.2, -0.15) is 10.6 Å². The van der Waals surface area contributed by atoms with Crippen molar-refractivity contribution >= 4 is 11.9 Å². The van der Waals surface area contributed by atoms with E-state index in [1.807, 2.05) is 17.2 Å². The number of nitrogens with one attached hydrogen (secondary N) is 4. The number of anilines is 1. The van der Waals surface area contributed by atoms with E-state index in [1.54, 1.807) is 17.1 Å². The maximum atomic E-state index is 12.8. The summed E-state index contributed by atoms with van der Waals surface area (Å²) in [5.41, 5.74) is 13.7. The summed E-state index contributed by atoms with van der Waals surface area (Å²) < 4.78 is 1.68. The van der Waals surface area contributed by atoms with Crippen molar-refractivity contribution in [2.45, 2.75) is 43.9 Å². The quantitative estimate of drug-likeness (QED) is 0.449. The fourth-order valence-electron chi connectivity index (χ4n) is 4.95. The summed E-state index contributed by atoms with van der Waals surface area (Å²) in [6.07, 6.45) is 8.29. The minimum absolute atomic E-state index is 0.0742. The zero-order valence-electron chi connectivity index (χ0n) is 18.2. The van der Waals surface area contributed by atoms with Gasteiger partial charge < -0.3 is 10.2 Å². The van der Waals surface area contributed by atoms with Gasteiger partial charge in [-0.05, 0) is 36.5 Å². The van der Waals surface area contributed by atoms with Gasteiger partial charge in [-0.1, -0.05) is 24.3 Å². The van der Waals surface area contributed by atoms with Crippen LogP contribution in [0.4, 0.5) is 5.95 Å². The number of nitrogens with zero attached hydrogens (tertiary/aromatic N) is 5. The van der Waals surface area contributed by atoms with Crippen LogP contribution in [0.5, 0.6) is 0 Å². The van der Waals surface area contributed by atoms with Crippen LogP contribution in [0, 0.1) is 0 Å². The molecule has 2 aliphatic heterocycles. The second-order valence-corrected chi connectivity index (χ2v) is 8.97. The average Bonchev–Trinajstić information content (AvgIpc) is 3.58. The van der Waals surface area contributed by atoms with Gasteiger partial charge in [0.25, 0.3) is 0 Å². The van der Waals surface area contributed by atoms with Crippen LogP contribution in [-0.4, -0.2) is 61.8 Å². The molecule has 0 bridgehead atoms. The Morgan fingerprint density at radius 1 is 1.06 bits per heavy atom. The van der Waals surface area contributed by atoms with Crippen molar-refractivity contribution in [1.29, 1.82) is 0 Å². The van der Waals surface area contributed by atoms with Gasteiger partial charge in [-0.25, -0.2) is 20.8 Å². The predicted molar refractivity (Wildman–Crippen MR) is 123 cm³/mol. The Kier molecular flexibility index (Phi) is 5.25. The molecule has 2 aromatic heterocycles. The third-order valence-corrected chi connectivity index (χ3v) is 6.75. The zero-order valence-corrected chi connectivity index (χ0v) is 18.2. The molecule has 2 unspecified atom stereocenters. The molecule has 2 atom stereocenters. The largest absolute Gasteiger partial charge is 0.351 e. The third kappa shape index (κ3) is 4.20. The second kappa shape index (κ2) is 8.54. The SMILES string of the molecule is O=C(Cn1ccc(-c2cnc(NC3Cc4ccccc4C3)nc2)n1)N1CCC2NNNC2C1. The Morgan fingerprint density at radius 3 is 2.61 bits per heavy atom. The molecule has 6 rings (SSSR count). The fraction of sp³-hybridized carbons (Fsp3) is 0.391. The first-order valence-corrected chi connectivity index (χ1v) is 11.4. The molecule has 4 N–H and O–H groups in total. The molecule has 10 heteroatoms. The van der Waals surface area contributed by atoms with E-state index >= 15 is 0 Å². The Balaban J connectivity index is 1.05. The molecule has 3 aromatic rings. The summed E-state index contributed by atoms with van der Waals surface area (Å²) in [5.74, 6) is 0.698. The summed E-state index contributed by atoms with van der Waals surface area (Å²) >= 11 is 0. The fourth-order valence-corrected chi connectivity index (χ4v) is 4.95. The minimum atomic E-state index is 0.0742. The van der Waals surface area contributed by atoms with Gasteiger partial charge in [-0.15, -0.1) is 0 Å². The third-order valence-electron chi connectivity index (χ3n) is 6.75. The highest BCUT2D eigenvalue weighted by Gasteiger charge is 2.34. The first-order chi connectivity index (χ1) is 16.2. The smallest absolute Gasteiger partial charge is 0.244 e. The Morgan fingerprint density at radius 2 is 1.82 bits per heavy atom. The molecule has 1 amide bonds. The number of benzene rings is 1. The van der Waals surface area contributed by atoms with Gasteiger partial charge in [0.15, 0.2) is 0 Å². The number of carbonyl (C=O) groups excluding carboxylic acids is 1. The van der Waals surface area contributed by atoms with Crippen LogP contribution >= 0.6 is 0 Å². The van der Waals surface area contributed by atoms with Gasteiger partial charge >= 0.3 is 0 Å². The van der Waals surface area contributed by atoms with Crippen LogP contribution in [0.25, 0.3) is 11.3 Å². The molecule has 0 saturated carbocycles. The van der Waals surface area contributed by atoms with E-state index < -0.39 is 0 Å². The second-order valence-electron chi connectivity index (χ2n) is 8.97. The van der Waals surface area contributed by atoms with Crippen molar-refractivity contribution in [2.24, 2.45) is 0 Å². The Labute approximate surface area is 191 Å². The highest BCUT2D eigenvalue weighted by Crippen LogP contribution is 2.24. The van der Waals surface area contributed by atoms with Crippen molar-refractivity contribution in [3.05, 3.63) is 60.0 Å². The van der Waals surface area contributed by atoms with Gasteiger partial charge in [-0.3, -0.25) is 9.48 Å².